The van der Waals surface area contributed by atoms with Gasteiger partial charge in [0.25, 0.3) is 5.91 Å². The molecule has 1 fully saturated rings. The predicted octanol–water partition coefficient (Wildman–Crippen LogP) is 0.898. The van der Waals surface area contributed by atoms with Crippen molar-refractivity contribution in [1.82, 2.24) is 4.31 Å². The van der Waals surface area contributed by atoms with Gasteiger partial charge in [-0.15, -0.1) is 11.3 Å². The van der Waals surface area contributed by atoms with Crippen LogP contribution in [0.5, 0.6) is 0 Å². The van der Waals surface area contributed by atoms with Gasteiger partial charge in [-0.25, -0.2) is 8.42 Å². The smallest absolute Gasteiger partial charge is 0.280 e. The number of thiophene rings is 1. The van der Waals surface area contributed by atoms with E-state index in [4.69, 9.17) is 5.26 Å². The lowest BCUT2D eigenvalue weighted by atomic mass is 9.96. The Morgan fingerprint density at radius 3 is 2.44 bits per heavy atom. The van der Waals surface area contributed by atoms with Crippen molar-refractivity contribution >= 4 is 32.3 Å². The van der Waals surface area contributed by atoms with Crippen molar-refractivity contribution in [2.75, 3.05) is 38.0 Å². The highest BCUT2D eigenvalue weighted by Gasteiger charge is 2.31. The van der Waals surface area contributed by atoms with Crippen LogP contribution in [0.2, 0.25) is 0 Å². The number of hydrogen-bond acceptors (Lipinski definition) is 6. The Hall–Kier alpha value is -2.76. The molecule has 1 aliphatic heterocycles. The summed E-state index contributed by atoms with van der Waals surface area (Å²) in [5.41, 5.74) is 2.11. The number of nitrogens with one attached hydrogen (secondary N) is 2. The van der Waals surface area contributed by atoms with Crippen molar-refractivity contribution in [2.45, 2.75) is 30.6 Å². The third kappa shape index (κ3) is 4.54. The monoisotopic (exact) mass is 470 g/mol. The van der Waals surface area contributed by atoms with Gasteiger partial charge in [-0.1, -0.05) is 0 Å². The van der Waals surface area contributed by atoms with Crippen molar-refractivity contribution in [3.05, 3.63) is 45.8 Å². The molecule has 32 heavy (non-hydrogen) atoms. The molecule has 1 amide bonds. The topological polar surface area (TPSA) is 118 Å². The summed E-state index contributed by atoms with van der Waals surface area (Å²) in [7, 11) is -3.62. The molecule has 8 nitrogen and oxygen atoms in total. The van der Waals surface area contributed by atoms with Crippen LogP contribution in [0.1, 0.15) is 34.4 Å². The van der Waals surface area contributed by atoms with Crippen molar-refractivity contribution in [2.24, 2.45) is 0 Å². The van der Waals surface area contributed by atoms with Gasteiger partial charge in [0.1, 0.15) is 11.1 Å². The Morgan fingerprint density at radius 2 is 1.78 bits per heavy atom. The molecule has 10 heteroatoms. The first kappa shape index (κ1) is 22.4. The Balaban J connectivity index is 1.34. The second kappa shape index (κ2) is 9.39. The molecule has 1 aliphatic carbocycles. The van der Waals surface area contributed by atoms with Gasteiger partial charge in [0.15, 0.2) is 6.54 Å². The minimum Gasteiger partial charge on any atom is -0.325 e. The first-order valence-electron chi connectivity index (χ1n) is 10.6. The highest BCUT2D eigenvalue weighted by molar-refractivity contribution is 7.89. The summed E-state index contributed by atoms with van der Waals surface area (Å²) in [5, 5.41) is 22.0. The van der Waals surface area contributed by atoms with Crippen molar-refractivity contribution < 1.29 is 18.1 Å². The van der Waals surface area contributed by atoms with Gasteiger partial charge in [-0.3, -0.25) is 4.79 Å². The summed E-state index contributed by atoms with van der Waals surface area (Å²) in [6.07, 6.45) is 4.05. The number of rotatable bonds is 5. The lowest BCUT2D eigenvalue weighted by molar-refractivity contribution is -0.895. The number of anilines is 1. The number of benzene rings is 1. The fourth-order valence-electron chi connectivity index (χ4n) is 4.24. The second-order valence-corrected chi connectivity index (χ2v) is 11.1. The van der Waals surface area contributed by atoms with Crippen molar-refractivity contribution in [1.29, 1.82) is 10.5 Å². The minimum atomic E-state index is -3.62. The molecule has 2 aromatic rings. The van der Waals surface area contributed by atoms with E-state index < -0.39 is 10.0 Å². The zero-order valence-electron chi connectivity index (χ0n) is 17.6. The molecule has 0 spiro atoms. The van der Waals surface area contributed by atoms with E-state index in [1.165, 1.54) is 44.8 Å². The van der Waals surface area contributed by atoms with Gasteiger partial charge in [-0.2, -0.15) is 14.8 Å². The van der Waals surface area contributed by atoms with Gasteiger partial charge in [0, 0.05) is 4.88 Å². The molecule has 1 aromatic carbocycles. The highest BCUT2D eigenvalue weighted by atomic mass is 32.2. The van der Waals surface area contributed by atoms with E-state index >= 15 is 0 Å². The molecular weight excluding hydrogens is 446 g/mol. The molecule has 0 radical (unpaired) electrons. The van der Waals surface area contributed by atoms with Crippen LogP contribution in [0.25, 0.3) is 0 Å². The number of sulfonamides is 1. The Labute approximate surface area is 191 Å². The summed E-state index contributed by atoms with van der Waals surface area (Å²) >= 11 is 1.51. The van der Waals surface area contributed by atoms with Crippen LogP contribution in [0.15, 0.2) is 29.2 Å². The van der Waals surface area contributed by atoms with Crippen LogP contribution in [0.3, 0.4) is 0 Å². The van der Waals surface area contributed by atoms with Crippen LogP contribution in [0, 0.1) is 22.7 Å². The van der Waals surface area contributed by atoms with Crippen LogP contribution in [-0.2, 0) is 27.7 Å². The Bertz CT molecular complexity index is 1200. The molecule has 0 bridgehead atoms. The summed E-state index contributed by atoms with van der Waals surface area (Å²) < 4.78 is 27.1. The average Bonchev–Trinajstić information content (AvgIpc) is 3.16. The van der Waals surface area contributed by atoms with E-state index in [9.17, 15) is 18.5 Å². The molecular formula is C22H24N5O3S2+. The van der Waals surface area contributed by atoms with Crippen LogP contribution >= 0.6 is 11.3 Å². The van der Waals surface area contributed by atoms with Crippen molar-refractivity contribution in [3.8, 4) is 12.1 Å². The van der Waals surface area contributed by atoms with E-state index in [2.05, 4.69) is 11.4 Å². The number of carbonyl (C=O) groups is 1. The van der Waals surface area contributed by atoms with Gasteiger partial charge in [0.2, 0.25) is 10.0 Å². The lowest BCUT2D eigenvalue weighted by Gasteiger charge is -2.31. The molecule has 0 atom stereocenters. The molecule has 4 rings (SSSR count). The highest BCUT2D eigenvalue weighted by Crippen LogP contribution is 2.37. The molecule has 0 saturated carbocycles. The van der Waals surface area contributed by atoms with Crippen LogP contribution in [0.4, 0.5) is 5.00 Å². The zero-order valence-corrected chi connectivity index (χ0v) is 19.2. The molecule has 1 saturated heterocycles. The number of carbonyl (C=O) groups excluding carboxylic acids is 1. The minimum absolute atomic E-state index is 0.154. The molecule has 2 heterocycles. The number of nitrogens with zero attached hydrogens (tertiary/aromatic N) is 3. The summed E-state index contributed by atoms with van der Waals surface area (Å²) in [6.45, 7) is 1.92. The number of hydrogen-bond donors (Lipinski definition) is 2. The number of piperazine rings is 1. The van der Waals surface area contributed by atoms with E-state index in [0.717, 1.165) is 36.1 Å². The quantitative estimate of drug-likeness (QED) is 0.673. The number of quaternary nitrogens is 1. The Morgan fingerprint density at radius 1 is 1.09 bits per heavy atom. The average molecular weight is 471 g/mol. The zero-order chi connectivity index (χ0) is 22.7. The molecule has 166 valence electrons. The maximum absolute atomic E-state index is 12.8. The van der Waals surface area contributed by atoms with Crippen molar-refractivity contribution in [3.63, 3.8) is 0 Å². The number of fused-ring (bicyclic) bond motifs is 1. The summed E-state index contributed by atoms with van der Waals surface area (Å²) in [6, 6.07) is 10.1. The third-order valence-electron chi connectivity index (χ3n) is 6.00. The maximum Gasteiger partial charge on any atom is 0.280 e. The number of nitriles is 2. The molecule has 1 aromatic heterocycles. The summed E-state index contributed by atoms with van der Waals surface area (Å²) in [5.74, 6) is -0.154. The molecule has 2 N–H and O–H groups in total. The fraction of sp³-hybridized carbons (Fsp3) is 0.409. The van der Waals surface area contributed by atoms with Gasteiger partial charge < -0.3 is 10.2 Å². The third-order valence-corrected chi connectivity index (χ3v) is 9.12. The van der Waals surface area contributed by atoms with Gasteiger partial charge in [-0.05, 0) is 55.5 Å². The van der Waals surface area contributed by atoms with Gasteiger partial charge in [0.05, 0.1) is 48.3 Å². The second-order valence-electron chi connectivity index (χ2n) is 8.04. The number of aryl methyl sites for hydroxylation is 1. The fourth-order valence-corrected chi connectivity index (χ4v) is 6.94. The van der Waals surface area contributed by atoms with Crippen LogP contribution in [-0.4, -0.2) is 51.4 Å². The van der Waals surface area contributed by atoms with E-state index in [0.29, 0.717) is 42.3 Å². The molecule has 2 aliphatic rings. The number of amides is 1. The Kier molecular flexibility index (Phi) is 6.58. The van der Waals surface area contributed by atoms with Gasteiger partial charge >= 0.3 is 0 Å². The largest absolute Gasteiger partial charge is 0.325 e. The molecule has 0 unspecified atom stereocenters. The summed E-state index contributed by atoms with van der Waals surface area (Å²) in [4.78, 5) is 15.0. The predicted molar refractivity (Wildman–Crippen MR) is 120 cm³/mol. The van der Waals surface area contributed by atoms with E-state index in [1.54, 1.807) is 0 Å². The van der Waals surface area contributed by atoms with Crippen LogP contribution < -0.4 is 10.2 Å². The normalized spacial score (nSPS) is 17.2. The SMILES string of the molecule is N#Cc1ccc(S(=O)(=O)N2CC[NH+](CC(=O)Nc3sc4c(c3C#N)CCCC4)CC2)cc1. The first-order valence-corrected chi connectivity index (χ1v) is 12.9. The van der Waals surface area contributed by atoms with E-state index in [1.807, 2.05) is 6.07 Å². The first-order chi connectivity index (χ1) is 15.4. The maximum atomic E-state index is 12.8. The van der Waals surface area contributed by atoms with E-state index in [-0.39, 0.29) is 17.3 Å². The lowest BCUT2D eigenvalue weighted by Crippen LogP contribution is -3.15. The standard InChI is InChI=1S/C22H23N5O3S2/c23-13-16-5-7-17(8-6-16)32(29,30)27-11-9-26(10-12-27)15-21(28)25-22-19(14-24)18-3-1-2-4-20(18)31-22/h5-8H,1-4,9-12,15H2,(H,25,28)/p+1.